The van der Waals surface area contributed by atoms with Gasteiger partial charge in [-0.15, -0.1) is 16.4 Å². The van der Waals surface area contributed by atoms with Gasteiger partial charge in [0.2, 0.25) is 0 Å². The number of carbonyl (C=O) groups excluding carboxylic acids is 1. The lowest BCUT2D eigenvalue weighted by Crippen LogP contribution is -2.14. The number of thiophene rings is 1. The largest absolute Gasteiger partial charge is 0.288 e. The zero-order valence-corrected chi connectivity index (χ0v) is 11.7. The first-order chi connectivity index (χ1) is 10.2. The monoisotopic (exact) mass is 300 g/mol. The van der Waals surface area contributed by atoms with Gasteiger partial charge in [-0.05, 0) is 23.6 Å². The Hall–Kier alpha value is -2.51. The Morgan fingerprint density at radius 1 is 1.43 bits per heavy atom. The van der Waals surface area contributed by atoms with Crippen molar-refractivity contribution in [1.29, 1.82) is 0 Å². The van der Waals surface area contributed by atoms with Gasteiger partial charge in [0.25, 0.3) is 5.91 Å². The molecule has 0 radical (unpaired) electrons. The Balaban J connectivity index is 1.74. The van der Waals surface area contributed by atoms with Crippen molar-refractivity contribution < 1.29 is 10.0 Å². The molecule has 0 aliphatic heterocycles. The van der Waals surface area contributed by atoms with Crippen LogP contribution in [0.4, 0.5) is 0 Å². The quantitative estimate of drug-likeness (QED) is 0.439. The van der Waals surface area contributed by atoms with Crippen molar-refractivity contribution in [1.82, 2.24) is 20.5 Å². The van der Waals surface area contributed by atoms with E-state index in [1.807, 2.05) is 12.1 Å². The molecular weight excluding hydrogens is 288 g/mol. The summed E-state index contributed by atoms with van der Waals surface area (Å²) in [5.41, 5.74) is 2.07. The van der Waals surface area contributed by atoms with Gasteiger partial charge in [-0.1, -0.05) is 23.4 Å². The zero-order valence-electron chi connectivity index (χ0n) is 10.9. The van der Waals surface area contributed by atoms with E-state index in [1.54, 1.807) is 22.2 Å². The van der Waals surface area contributed by atoms with Crippen molar-refractivity contribution in [2.45, 2.75) is 6.54 Å². The van der Waals surface area contributed by atoms with Crippen LogP contribution in [-0.2, 0) is 11.3 Å². The number of aromatic nitrogens is 3. The van der Waals surface area contributed by atoms with Gasteiger partial charge in [-0.2, -0.15) is 0 Å². The first-order valence-electron chi connectivity index (χ1n) is 6.24. The SMILES string of the molecule is O=C(/C=C/c1cn(Cc2cc3ccccc3s2)nn1)NO. The highest BCUT2D eigenvalue weighted by Crippen LogP contribution is 2.25. The van der Waals surface area contributed by atoms with E-state index in [4.69, 9.17) is 5.21 Å². The fraction of sp³-hybridized carbons (Fsp3) is 0.0714. The van der Waals surface area contributed by atoms with Gasteiger partial charge in [0.15, 0.2) is 0 Å². The van der Waals surface area contributed by atoms with Crippen LogP contribution in [0.5, 0.6) is 0 Å². The Labute approximate surface area is 124 Å². The first-order valence-corrected chi connectivity index (χ1v) is 7.06. The van der Waals surface area contributed by atoms with Crippen molar-refractivity contribution in [2.24, 2.45) is 0 Å². The second-order valence-corrected chi connectivity index (χ2v) is 5.57. The van der Waals surface area contributed by atoms with Crippen LogP contribution in [0.15, 0.2) is 42.6 Å². The molecule has 21 heavy (non-hydrogen) atoms. The second kappa shape index (κ2) is 5.86. The molecule has 3 aromatic rings. The van der Waals surface area contributed by atoms with E-state index in [0.717, 1.165) is 0 Å². The molecule has 1 amide bonds. The lowest BCUT2D eigenvalue weighted by atomic mass is 10.2. The van der Waals surface area contributed by atoms with E-state index in [0.29, 0.717) is 12.2 Å². The van der Waals surface area contributed by atoms with Crippen molar-refractivity contribution in [3.63, 3.8) is 0 Å². The predicted octanol–water partition coefficient (Wildman–Crippen LogP) is 2.06. The summed E-state index contributed by atoms with van der Waals surface area (Å²) in [5.74, 6) is -0.603. The normalized spacial score (nSPS) is 11.3. The number of nitrogens with zero attached hydrogens (tertiary/aromatic N) is 3. The minimum Gasteiger partial charge on any atom is -0.288 e. The van der Waals surface area contributed by atoms with Crippen LogP contribution in [0, 0.1) is 0 Å². The van der Waals surface area contributed by atoms with Gasteiger partial charge < -0.3 is 0 Å². The van der Waals surface area contributed by atoms with Crippen molar-refractivity contribution in [3.8, 4) is 0 Å². The average Bonchev–Trinajstić information content (AvgIpc) is 3.10. The van der Waals surface area contributed by atoms with Crippen LogP contribution >= 0.6 is 11.3 Å². The zero-order chi connectivity index (χ0) is 14.7. The number of hydroxylamine groups is 1. The molecule has 2 N–H and O–H groups in total. The minimum atomic E-state index is -0.603. The van der Waals surface area contributed by atoms with E-state index in [-0.39, 0.29) is 0 Å². The molecule has 2 aromatic heterocycles. The highest BCUT2D eigenvalue weighted by Gasteiger charge is 2.04. The van der Waals surface area contributed by atoms with Gasteiger partial charge in [0.05, 0.1) is 12.7 Å². The van der Waals surface area contributed by atoms with Crippen LogP contribution in [0.1, 0.15) is 10.6 Å². The lowest BCUT2D eigenvalue weighted by Gasteiger charge is -1.94. The Morgan fingerprint density at radius 3 is 3.10 bits per heavy atom. The molecule has 3 rings (SSSR count). The smallest absolute Gasteiger partial charge is 0.267 e. The first kappa shape index (κ1) is 13.5. The molecule has 0 atom stereocenters. The third kappa shape index (κ3) is 3.15. The number of amides is 1. The third-order valence-electron chi connectivity index (χ3n) is 2.87. The number of hydrogen-bond donors (Lipinski definition) is 2. The highest BCUT2D eigenvalue weighted by molar-refractivity contribution is 7.19. The molecule has 0 bridgehead atoms. The molecule has 2 heterocycles. The predicted molar refractivity (Wildman–Crippen MR) is 79.9 cm³/mol. The maximum absolute atomic E-state index is 10.9. The van der Waals surface area contributed by atoms with Crippen LogP contribution in [0.2, 0.25) is 0 Å². The van der Waals surface area contributed by atoms with Gasteiger partial charge in [0.1, 0.15) is 5.69 Å². The van der Waals surface area contributed by atoms with Gasteiger partial charge in [-0.25, -0.2) is 10.2 Å². The summed E-state index contributed by atoms with van der Waals surface area (Å²) in [6.45, 7) is 0.631. The molecule has 7 heteroatoms. The minimum absolute atomic E-state index is 0.555. The van der Waals surface area contributed by atoms with Crippen LogP contribution in [0.3, 0.4) is 0 Å². The summed E-state index contributed by atoms with van der Waals surface area (Å²) >= 11 is 1.72. The van der Waals surface area contributed by atoms with Crippen LogP contribution in [-0.4, -0.2) is 26.1 Å². The van der Waals surface area contributed by atoms with Crippen LogP contribution in [0.25, 0.3) is 16.2 Å². The summed E-state index contributed by atoms with van der Waals surface area (Å²) in [5, 5.41) is 17.6. The van der Waals surface area contributed by atoms with Crippen molar-refractivity contribution >= 4 is 33.4 Å². The van der Waals surface area contributed by atoms with E-state index in [2.05, 4.69) is 28.5 Å². The lowest BCUT2D eigenvalue weighted by molar-refractivity contribution is -0.124. The molecule has 0 saturated carbocycles. The maximum atomic E-state index is 10.9. The molecule has 1 aromatic carbocycles. The number of hydrogen-bond acceptors (Lipinski definition) is 5. The molecule has 0 spiro atoms. The Morgan fingerprint density at radius 2 is 2.29 bits per heavy atom. The molecule has 0 fully saturated rings. The van der Waals surface area contributed by atoms with Crippen molar-refractivity contribution in [3.05, 3.63) is 53.2 Å². The number of fused-ring (bicyclic) bond motifs is 1. The van der Waals surface area contributed by atoms with Gasteiger partial charge in [0, 0.05) is 15.7 Å². The number of carbonyl (C=O) groups is 1. The standard InChI is InChI=1S/C14H12N4O2S/c19-14(16-20)6-5-11-8-18(17-15-11)9-12-7-10-3-1-2-4-13(10)21-12/h1-8,20H,9H2,(H,16,19)/b6-5+. The number of nitrogens with one attached hydrogen (secondary N) is 1. The molecular formula is C14H12N4O2S. The fourth-order valence-corrected chi connectivity index (χ4v) is 3.00. The number of rotatable bonds is 4. The third-order valence-corrected chi connectivity index (χ3v) is 3.97. The van der Waals surface area contributed by atoms with Gasteiger partial charge in [-0.3, -0.25) is 10.0 Å². The fourth-order valence-electron chi connectivity index (χ4n) is 1.94. The van der Waals surface area contributed by atoms with Crippen molar-refractivity contribution in [2.75, 3.05) is 0 Å². The molecule has 0 saturated heterocycles. The average molecular weight is 300 g/mol. The second-order valence-electron chi connectivity index (χ2n) is 4.40. The topological polar surface area (TPSA) is 80.0 Å². The van der Waals surface area contributed by atoms with E-state index < -0.39 is 5.91 Å². The Bertz CT molecular complexity index is 773. The van der Waals surface area contributed by atoms with E-state index >= 15 is 0 Å². The number of benzene rings is 1. The molecule has 106 valence electrons. The summed E-state index contributed by atoms with van der Waals surface area (Å²) in [4.78, 5) is 12.1. The van der Waals surface area contributed by atoms with E-state index in [1.165, 1.54) is 32.6 Å². The van der Waals surface area contributed by atoms with E-state index in [9.17, 15) is 4.79 Å². The summed E-state index contributed by atoms with van der Waals surface area (Å²) in [7, 11) is 0. The Kier molecular flexibility index (Phi) is 3.76. The molecule has 6 nitrogen and oxygen atoms in total. The summed E-state index contributed by atoms with van der Waals surface area (Å²) in [6, 6.07) is 10.3. The maximum Gasteiger partial charge on any atom is 0.267 e. The molecule has 0 aliphatic carbocycles. The summed E-state index contributed by atoms with van der Waals surface area (Å²) < 4.78 is 2.95. The highest BCUT2D eigenvalue weighted by atomic mass is 32.1. The molecule has 0 aliphatic rings. The van der Waals surface area contributed by atoms with Crippen LogP contribution < -0.4 is 5.48 Å². The van der Waals surface area contributed by atoms with Gasteiger partial charge >= 0.3 is 0 Å². The molecule has 0 unspecified atom stereocenters. The summed E-state index contributed by atoms with van der Waals surface area (Å²) in [6.07, 6.45) is 4.42.